The molecule has 11 heteroatoms. The highest BCUT2D eigenvalue weighted by Crippen LogP contribution is 2.19. The molecule has 1 aliphatic rings. The number of carbonyl (C=O) groups is 4. The van der Waals surface area contributed by atoms with Gasteiger partial charge in [-0.3, -0.25) is 19.2 Å². The van der Waals surface area contributed by atoms with Gasteiger partial charge in [-0.2, -0.15) is 5.23 Å². The van der Waals surface area contributed by atoms with Crippen LogP contribution in [0.15, 0.2) is 36.0 Å². The van der Waals surface area contributed by atoms with Crippen molar-refractivity contribution in [3.05, 3.63) is 46.8 Å². The van der Waals surface area contributed by atoms with Gasteiger partial charge in [0, 0.05) is 17.7 Å². The predicted molar refractivity (Wildman–Crippen MR) is 108 cm³/mol. The van der Waals surface area contributed by atoms with Gasteiger partial charge in [-0.25, -0.2) is 5.21 Å². The Labute approximate surface area is 179 Å². The maximum atomic E-state index is 12.4. The van der Waals surface area contributed by atoms with Gasteiger partial charge in [-0.05, 0) is 31.9 Å². The van der Waals surface area contributed by atoms with Gasteiger partial charge in [-0.15, -0.1) is 0 Å². The summed E-state index contributed by atoms with van der Waals surface area (Å²) >= 11 is 0. The van der Waals surface area contributed by atoms with E-state index < -0.39 is 47.1 Å². The minimum absolute atomic E-state index is 0.0249. The summed E-state index contributed by atoms with van der Waals surface area (Å²) in [5.41, 5.74) is -1.05. The average Bonchev–Trinajstić information content (AvgIpc) is 2.67. The molecule has 2 rings (SSSR count). The Morgan fingerprint density at radius 2 is 1.90 bits per heavy atom. The summed E-state index contributed by atoms with van der Waals surface area (Å²) in [6.07, 6.45) is 1.61. The van der Waals surface area contributed by atoms with Gasteiger partial charge < -0.3 is 25.9 Å². The molecule has 2 atom stereocenters. The Hall–Kier alpha value is -3.28. The monoisotopic (exact) mass is 434 g/mol. The number of esters is 1. The van der Waals surface area contributed by atoms with E-state index >= 15 is 0 Å². The fraction of sp³-hybridized carbons (Fsp3) is 0.400. The summed E-state index contributed by atoms with van der Waals surface area (Å²) in [4.78, 5) is 49.0. The molecule has 0 aliphatic carbocycles. The number of ether oxygens (including phenoxy) is 1. The lowest BCUT2D eigenvalue weighted by Gasteiger charge is -2.36. The Bertz CT molecular complexity index is 891. The number of carbonyl (C=O) groups excluding carboxylic acids is 4. The largest absolute Gasteiger partial charge is 0.595 e. The van der Waals surface area contributed by atoms with Crippen molar-refractivity contribution in [2.45, 2.75) is 39.3 Å². The Morgan fingerprint density at radius 1 is 1.29 bits per heavy atom. The van der Waals surface area contributed by atoms with Crippen molar-refractivity contribution in [3.63, 3.8) is 0 Å². The standard InChI is InChI=1S/C20H26N4O7/c1-11(2)9-14-18(27)23-16(19(28)22-14)20(3,4)31-15(25)10-21-17(26)12-5-7-13(8-6-12)24(29)30/h5-9,11,16,24,29H,10H2,1-4H3,(H,21,26)(H,22,28)(H,23,27). The van der Waals surface area contributed by atoms with Crippen LogP contribution in [0.1, 0.15) is 38.1 Å². The molecule has 1 heterocycles. The van der Waals surface area contributed by atoms with Gasteiger partial charge in [0.05, 0.1) is 0 Å². The van der Waals surface area contributed by atoms with Crippen LogP contribution in [0, 0.1) is 11.1 Å². The van der Waals surface area contributed by atoms with E-state index in [4.69, 9.17) is 9.94 Å². The maximum absolute atomic E-state index is 12.4. The van der Waals surface area contributed by atoms with E-state index in [0.29, 0.717) is 0 Å². The number of hydrogen-bond donors (Lipinski definition) is 5. The normalized spacial score (nSPS) is 18.9. The van der Waals surface area contributed by atoms with E-state index in [9.17, 15) is 24.4 Å². The van der Waals surface area contributed by atoms with E-state index in [2.05, 4.69) is 16.0 Å². The molecule has 1 aromatic carbocycles. The predicted octanol–water partition coefficient (Wildman–Crippen LogP) is -0.704. The zero-order valence-electron chi connectivity index (χ0n) is 17.6. The number of benzene rings is 1. The topological polar surface area (TPSA) is 161 Å². The van der Waals surface area contributed by atoms with E-state index in [0.717, 1.165) is 0 Å². The van der Waals surface area contributed by atoms with Gasteiger partial charge in [-0.1, -0.05) is 19.9 Å². The van der Waals surface area contributed by atoms with Gasteiger partial charge >= 0.3 is 5.97 Å². The molecule has 0 radical (unpaired) electrons. The lowest BCUT2D eigenvalue weighted by atomic mass is 9.95. The number of hydrogen-bond acceptors (Lipinski definition) is 7. The molecule has 0 saturated carbocycles. The first-order valence-electron chi connectivity index (χ1n) is 9.57. The van der Waals surface area contributed by atoms with Gasteiger partial charge in [0.1, 0.15) is 23.9 Å². The highest BCUT2D eigenvalue weighted by molar-refractivity contribution is 6.05. The summed E-state index contributed by atoms with van der Waals surface area (Å²) < 4.78 is 5.32. The number of nitrogens with one attached hydrogen (secondary N) is 4. The van der Waals surface area contributed by atoms with Gasteiger partial charge in [0.25, 0.3) is 17.7 Å². The van der Waals surface area contributed by atoms with Crippen molar-refractivity contribution in [3.8, 4) is 0 Å². The van der Waals surface area contributed by atoms with Gasteiger partial charge in [0.15, 0.2) is 5.69 Å². The third-order valence-electron chi connectivity index (χ3n) is 4.40. The first kappa shape index (κ1) is 24.0. The van der Waals surface area contributed by atoms with E-state index in [-0.39, 0.29) is 22.9 Å². The second-order valence-corrected chi connectivity index (χ2v) is 7.86. The SMILES string of the molecule is CC(C)C=C1NC(=O)C(C(C)(C)OC(=O)CNC(=O)c2ccc([NH+]([O-])O)cc2)NC1=O. The lowest BCUT2D eigenvalue weighted by Crippen LogP contribution is -2.99. The molecule has 2 unspecified atom stereocenters. The van der Waals surface area contributed by atoms with Crippen molar-refractivity contribution >= 4 is 29.4 Å². The first-order chi connectivity index (χ1) is 14.4. The van der Waals surface area contributed by atoms with Crippen molar-refractivity contribution < 1.29 is 34.3 Å². The van der Waals surface area contributed by atoms with Crippen LogP contribution in [0.3, 0.4) is 0 Å². The van der Waals surface area contributed by atoms with Crippen LogP contribution in [0.25, 0.3) is 0 Å². The molecule has 3 amide bonds. The summed E-state index contributed by atoms with van der Waals surface area (Å²) in [5.74, 6) is -2.37. The molecule has 11 nitrogen and oxygen atoms in total. The van der Waals surface area contributed by atoms with Crippen LogP contribution < -0.4 is 21.2 Å². The number of quaternary nitrogens is 1. The summed E-state index contributed by atoms with van der Waals surface area (Å²) in [5, 5.41) is 26.0. The molecule has 0 spiro atoms. The first-order valence-corrected chi connectivity index (χ1v) is 9.57. The lowest BCUT2D eigenvalue weighted by molar-refractivity contribution is -0.991. The molecule has 1 aliphatic heterocycles. The fourth-order valence-corrected chi connectivity index (χ4v) is 2.88. The Balaban J connectivity index is 1.94. The highest BCUT2D eigenvalue weighted by atomic mass is 16.8. The number of allylic oxidation sites excluding steroid dienone is 1. The van der Waals surface area contributed by atoms with Crippen LogP contribution in [0.2, 0.25) is 0 Å². The van der Waals surface area contributed by atoms with Crippen LogP contribution in [-0.2, 0) is 19.1 Å². The second kappa shape index (κ2) is 9.69. The van der Waals surface area contributed by atoms with E-state index in [1.165, 1.54) is 38.1 Å². The van der Waals surface area contributed by atoms with Crippen molar-refractivity contribution in [2.24, 2.45) is 5.92 Å². The molecule has 168 valence electrons. The Kier molecular flexibility index (Phi) is 7.50. The van der Waals surface area contributed by atoms with E-state index in [1.807, 2.05) is 13.8 Å². The molecular weight excluding hydrogens is 408 g/mol. The molecular formula is C20H26N4O7. The fourth-order valence-electron chi connectivity index (χ4n) is 2.88. The van der Waals surface area contributed by atoms with Gasteiger partial charge in [0.2, 0.25) is 0 Å². The minimum atomic E-state index is -1.38. The molecule has 31 heavy (non-hydrogen) atoms. The van der Waals surface area contributed by atoms with Crippen LogP contribution in [0.5, 0.6) is 0 Å². The van der Waals surface area contributed by atoms with Crippen LogP contribution in [0.4, 0.5) is 5.69 Å². The average molecular weight is 434 g/mol. The smallest absolute Gasteiger partial charge is 0.326 e. The number of rotatable bonds is 7. The highest BCUT2D eigenvalue weighted by Gasteiger charge is 2.43. The zero-order chi connectivity index (χ0) is 23.3. The van der Waals surface area contributed by atoms with Crippen LogP contribution in [-0.4, -0.2) is 47.1 Å². The molecule has 5 N–H and O–H groups in total. The van der Waals surface area contributed by atoms with Crippen LogP contribution >= 0.6 is 0 Å². The second-order valence-electron chi connectivity index (χ2n) is 7.86. The molecule has 1 aromatic rings. The minimum Gasteiger partial charge on any atom is -0.595 e. The maximum Gasteiger partial charge on any atom is 0.326 e. The molecule has 0 aromatic heterocycles. The Morgan fingerprint density at radius 3 is 2.45 bits per heavy atom. The summed E-state index contributed by atoms with van der Waals surface area (Å²) in [6.45, 7) is 6.18. The summed E-state index contributed by atoms with van der Waals surface area (Å²) in [7, 11) is 0. The number of amides is 3. The zero-order valence-corrected chi connectivity index (χ0v) is 17.6. The number of piperazine rings is 1. The quantitative estimate of drug-likeness (QED) is 0.215. The third-order valence-corrected chi connectivity index (χ3v) is 4.40. The van der Waals surface area contributed by atoms with Crippen molar-refractivity contribution in [1.29, 1.82) is 0 Å². The molecule has 1 fully saturated rings. The summed E-state index contributed by atoms with van der Waals surface area (Å²) in [6, 6.07) is 4.06. The molecule has 0 bridgehead atoms. The van der Waals surface area contributed by atoms with E-state index in [1.54, 1.807) is 6.08 Å². The third kappa shape index (κ3) is 6.35. The molecule has 1 saturated heterocycles. The van der Waals surface area contributed by atoms with Crippen molar-refractivity contribution in [1.82, 2.24) is 16.0 Å². The van der Waals surface area contributed by atoms with Crippen molar-refractivity contribution in [2.75, 3.05) is 6.54 Å².